The fourth-order valence-electron chi connectivity index (χ4n) is 3.21. The van der Waals surface area contributed by atoms with E-state index in [4.69, 9.17) is 27.9 Å². The van der Waals surface area contributed by atoms with E-state index in [-0.39, 0.29) is 38.1 Å². The van der Waals surface area contributed by atoms with Crippen LogP contribution in [0.4, 0.5) is 5.69 Å². The van der Waals surface area contributed by atoms with Crippen LogP contribution < -0.4 is 5.43 Å². The van der Waals surface area contributed by atoms with Crippen molar-refractivity contribution >= 4 is 50.8 Å². The maximum atomic E-state index is 13.1. The van der Waals surface area contributed by atoms with Gasteiger partial charge in [-0.05, 0) is 41.1 Å². The van der Waals surface area contributed by atoms with E-state index in [1.165, 1.54) is 18.2 Å². The molecule has 2 heterocycles. The fourth-order valence-corrected chi connectivity index (χ4v) is 4.15. The monoisotopic (exact) mass is 528 g/mol. The number of hydrogen-bond acceptors (Lipinski definition) is 6. The van der Waals surface area contributed by atoms with Gasteiger partial charge in [-0.1, -0.05) is 23.2 Å². The van der Waals surface area contributed by atoms with Crippen LogP contribution in [0.3, 0.4) is 0 Å². The largest absolute Gasteiger partial charge is 0.465 e. The van der Waals surface area contributed by atoms with Gasteiger partial charge in [-0.25, -0.2) is 4.79 Å². The highest BCUT2D eigenvalue weighted by Crippen LogP contribution is 2.33. The Morgan fingerprint density at radius 3 is 2.55 bits per heavy atom. The molecular formula is C19H15BrCl2N4O5. The highest BCUT2D eigenvalue weighted by atomic mass is 79.9. The van der Waals surface area contributed by atoms with E-state index in [0.717, 1.165) is 7.11 Å². The molecule has 0 bridgehead atoms. The molecule has 0 unspecified atom stereocenters. The quantitative estimate of drug-likeness (QED) is 0.263. The zero-order valence-electron chi connectivity index (χ0n) is 16.3. The van der Waals surface area contributed by atoms with E-state index in [2.05, 4.69) is 21.0 Å². The third kappa shape index (κ3) is 4.36. The lowest BCUT2D eigenvalue weighted by Crippen LogP contribution is -2.27. The molecule has 9 nitrogen and oxygen atoms in total. The van der Waals surface area contributed by atoms with Gasteiger partial charge in [0.2, 0.25) is 5.43 Å². The van der Waals surface area contributed by atoms with Crippen molar-refractivity contribution in [3.8, 4) is 11.3 Å². The van der Waals surface area contributed by atoms with E-state index in [1.54, 1.807) is 21.5 Å². The third-order valence-electron chi connectivity index (χ3n) is 4.56. The zero-order chi connectivity index (χ0) is 22.9. The number of rotatable bonds is 6. The van der Waals surface area contributed by atoms with Crippen LogP contribution in [0.25, 0.3) is 11.3 Å². The van der Waals surface area contributed by atoms with Gasteiger partial charge in [0.25, 0.3) is 5.69 Å². The second kappa shape index (κ2) is 9.21. The minimum absolute atomic E-state index is 0.128. The van der Waals surface area contributed by atoms with Crippen LogP contribution >= 0.6 is 39.1 Å². The third-order valence-corrected chi connectivity index (χ3v) is 5.88. The molecule has 0 aliphatic rings. The normalized spacial score (nSPS) is 10.9. The number of aromatic nitrogens is 3. The summed E-state index contributed by atoms with van der Waals surface area (Å²) in [5.74, 6) is -0.842. The van der Waals surface area contributed by atoms with Gasteiger partial charge in [-0.2, -0.15) is 5.10 Å². The van der Waals surface area contributed by atoms with E-state index >= 15 is 0 Å². The lowest BCUT2D eigenvalue weighted by atomic mass is 10.0. The molecule has 3 rings (SSSR count). The molecule has 0 saturated heterocycles. The van der Waals surface area contributed by atoms with Crippen LogP contribution in [-0.4, -0.2) is 32.3 Å². The molecular weight excluding hydrogens is 515 g/mol. The summed E-state index contributed by atoms with van der Waals surface area (Å²) in [7, 11) is 1.16. The highest BCUT2D eigenvalue weighted by Gasteiger charge is 2.27. The van der Waals surface area contributed by atoms with Gasteiger partial charge in [0, 0.05) is 24.4 Å². The molecule has 0 radical (unpaired) electrons. The van der Waals surface area contributed by atoms with Gasteiger partial charge in [0.1, 0.15) is 10.6 Å². The first-order valence-corrected chi connectivity index (χ1v) is 10.4. The Kier molecular flexibility index (Phi) is 6.83. The summed E-state index contributed by atoms with van der Waals surface area (Å²) in [6.45, 7) is 2.36. The predicted octanol–water partition coefficient (Wildman–Crippen LogP) is 4.54. The first-order chi connectivity index (χ1) is 14.7. The molecule has 0 saturated carbocycles. The average molecular weight is 530 g/mol. The Morgan fingerprint density at radius 1 is 1.32 bits per heavy atom. The van der Waals surface area contributed by atoms with Gasteiger partial charge in [-0.3, -0.25) is 19.6 Å². The summed E-state index contributed by atoms with van der Waals surface area (Å²) in [4.78, 5) is 36.2. The Bertz CT molecular complexity index is 1250. The Balaban J connectivity index is 2.36. The van der Waals surface area contributed by atoms with Crippen LogP contribution in [-0.2, 0) is 17.8 Å². The number of nitro benzene ring substituents is 1. The molecule has 0 fully saturated rings. The van der Waals surface area contributed by atoms with Crippen LogP contribution in [0.15, 0.2) is 39.7 Å². The first-order valence-electron chi connectivity index (χ1n) is 8.86. The Labute approximate surface area is 194 Å². The molecule has 12 heteroatoms. The zero-order valence-corrected chi connectivity index (χ0v) is 19.4. The maximum absolute atomic E-state index is 13.1. The fraction of sp³-hybridized carbons (Fsp3) is 0.211. The first kappa shape index (κ1) is 23.0. The number of halogens is 3. The second-order valence-corrected chi connectivity index (χ2v) is 7.90. The lowest BCUT2D eigenvalue weighted by molar-refractivity contribution is -0.384. The van der Waals surface area contributed by atoms with Gasteiger partial charge < -0.3 is 9.30 Å². The molecule has 0 aliphatic carbocycles. The van der Waals surface area contributed by atoms with Gasteiger partial charge in [0.15, 0.2) is 5.15 Å². The molecule has 2 aromatic heterocycles. The molecule has 0 amide bonds. The van der Waals surface area contributed by atoms with Crippen molar-refractivity contribution in [2.45, 2.75) is 20.0 Å². The summed E-state index contributed by atoms with van der Waals surface area (Å²) < 4.78 is 8.27. The number of esters is 1. The standard InChI is InChI=1S/C19H15BrCl2N4O5/c1-3-25-13(9-24-7-6-14(22)23-24)16(20)18(27)15(19(28)31-2)17(25)10-4-5-12(26(29)30)11(21)8-10/h4-8H,3,9H2,1-2H3. The van der Waals surface area contributed by atoms with Crippen LogP contribution in [0.5, 0.6) is 0 Å². The second-order valence-electron chi connectivity index (χ2n) is 6.31. The number of nitro groups is 1. The average Bonchev–Trinajstić information content (AvgIpc) is 3.15. The Morgan fingerprint density at radius 2 is 2.03 bits per heavy atom. The van der Waals surface area contributed by atoms with Crippen LogP contribution in [0.2, 0.25) is 10.2 Å². The van der Waals surface area contributed by atoms with Crippen molar-refractivity contribution < 1.29 is 14.5 Å². The summed E-state index contributed by atoms with van der Waals surface area (Å²) in [6.07, 6.45) is 1.65. The van der Waals surface area contributed by atoms with Crippen LogP contribution in [0, 0.1) is 10.1 Å². The molecule has 1 aromatic carbocycles. The summed E-state index contributed by atoms with van der Waals surface area (Å²) in [5, 5.41) is 15.4. The van der Waals surface area contributed by atoms with Crippen molar-refractivity contribution in [2.75, 3.05) is 7.11 Å². The molecule has 0 N–H and O–H groups in total. The van der Waals surface area contributed by atoms with Crippen molar-refractivity contribution in [1.29, 1.82) is 0 Å². The number of nitrogens with zero attached hydrogens (tertiary/aromatic N) is 4. The minimum atomic E-state index is -0.842. The topological polar surface area (TPSA) is 109 Å². The van der Waals surface area contributed by atoms with E-state index in [1.807, 2.05) is 6.92 Å². The van der Waals surface area contributed by atoms with Gasteiger partial charge in [-0.15, -0.1) is 0 Å². The van der Waals surface area contributed by atoms with E-state index < -0.39 is 16.3 Å². The number of pyridine rings is 1. The predicted molar refractivity (Wildman–Crippen MR) is 119 cm³/mol. The molecule has 0 spiro atoms. The van der Waals surface area contributed by atoms with Crippen LogP contribution in [0.1, 0.15) is 23.0 Å². The number of ether oxygens (including phenoxy) is 1. The molecule has 0 atom stereocenters. The minimum Gasteiger partial charge on any atom is -0.465 e. The molecule has 31 heavy (non-hydrogen) atoms. The number of benzene rings is 1. The van der Waals surface area contributed by atoms with Crippen molar-refractivity contribution in [3.63, 3.8) is 0 Å². The van der Waals surface area contributed by atoms with Crippen molar-refractivity contribution in [1.82, 2.24) is 14.3 Å². The molecule has 162 valence electrons. The van der Waals surface area contributed by atoms with Gasteiger partial charge in [0.05, 0.1) is 34.4 Å². The van der Waals surface area contributed by atoms with E-state index in [0.29, 0.717) is 17.8 Å². The number of methoxy groups -OCH3 is 1. The summed E-state index contributed by atoms with van der Waals surface area (Å²) in [6, 6.07) is 5.59. The molecule has 0 aliphatic heterocycles. The summed E-state index contributed by atoms with van der Waals surface area (Å²) in [5.41, 5.74) is -0.00388. The van der Waals surface area contributed by atoms with Gasteiger partial charge >= 0.3 is 5.97 Å². The smallest absolute Gasteiger partial charge is 0.344 e. The summed E-state index contributed by atoms with van der Waals surface area (Å²) >= 11 is 15.3. The van der Waals surface area contributed by atoms with Crippen molar-refractivity contribution in [2.24, 2.45) is 0 Å². The number of hydrogen-bond donors (Lipinski definition) is 0. The Hall–Kier alpha value is -2.69. The molecule has 3 aromatic rings. The lowest BCUT2D eigenvalue weighted by Gasteiger charge is -2.22. The van der Waals surface area contributed by atoms with E-state index in [9.17, 15) is 19.7 Å². The number of carbonyl (C=O) groups excluding carboxylic acids is 1. The highest BCUT2D eigenvalue weighted by molar-refractivity contribution is 9.10. The maximum Gasteiger partial charge on any atom is 0.344 e. The number of carbonyl (C=O) groups is 1. The SMILES string of the molecule is CCn1c(Cn2ccc(Cl)n2)c(Br)c(=O)c(C(=O)OC)c1-c1ccc([N+](=O)[O-])c(Cl)c1. The van der Waals surface area contributed by atoms with Crippen molar-refractivity contribution in [3.05, 3.63) is 76.7 Å².